The lowest BCUT2D eigenvalue weighted by Crippen LogP contribution is -2.57. The number of rotatable bonds is 3. The van der Waals surface area contributed by atoms with Gasteiger partial charge in [0, 0.05) is 53.5 Å². The van der Waals surface area contributed by atoms with E-state index >= 15 is 0 Å². The summed E-state index contributed by atoms with van der Waals surface area (Å²) in [6.45, 7) is 1.32. The van der Waals surface area contributed by atoms with Gasteiger partial charge in [-0.15, -0.1) is 0 Å². The first-order valence-corrected chi connectivity index (χ1v) is 8.23. The molecule has 1 atom stereocenters. The molecule has 0 aliphatic carbocycles. The first-order valence-electron chi connectivity index (χ1n) is 8.23. The average molecular weight is 354 g/mol. The van der Waals surface area contributed by atoms with Gasteiger partial charge >= 0.3 is 0 Å². The summed E-state index contributed by atoms with van der Waals surface area (Å²) in [6, 6.07) is 8.73. The Labute approximate surface area is 151 Å². The van der Waals surface area contributed by atoms with E-state index in [0.717, 1.165) is 0 Å². The number of Topliss-reactive ketones (excluding diaryl/α,β-unsaturated/α-hetero) is 1. The van der Waals surface area contributed by atoms with Gasteiger partial charge in [-0.2, -0.15) is 0 Å². The molecule has 2 aromatic rings. The van der Waals surface area contributed by atoms with E-state index in [9.17, 15) is 9.59 Å². The molecule has 0 spiro atoms. The van der Waals surface area contributed by atoms with Gasteiger partial charge in [-0.3, -0.25) is 9.59 Å². The van der Waals surface area contributed by atoms with Crippen LogP contribution in [-0.2, 0) is 0 Å². The van der Waals surface area contributed by atoms with Gasteiger partial charge in [-0.25, -0.2) is 0 Å². The minimum Gasteiger partial charge on any atom is -0.399 e. The van der Waals surface area contributed by atoms with E-state index in [0.29, 0.717) is 53.5 Å². The number of nitrogens with one attached hydrogen (secondary N) is 1. The van der Waals surface area contributed by atoms with Crippen LogP contribution in [0.3, 0.4) is 0 Å². The minimum absolute atomic E-state index is 0.221. The van der Waals surface area contributed by atoms with Gasteiger partial charge in [0.1, 0.15) is 6.04 Å². The lowest BCUT2D eigenvalue weighted by Gasteiger charge is -2.35. The van der Waals surface area contributed by atoms with Gasteiger partial charge < -0.3 is 33.2 Å². The summed E-state index contributed by atoms with van der Waals surface area (Å²) in [4.78, 5) is 27.5. The number of amides is 1. The number of hydrogen-bond donors (Lipinski definition) is 5. The highest BCUT2D eigenvalue weighted by Gasteiger charge is 2.33. The zero-order valence-corrected chi connectivity index (χ0v) is 14.2. The van der Waals surface area contributed by atoms with Gasteiger partial charge in [0.25, 0.3) is 5.91 Å². The van der Waals surface area contributed by atoms with E-state index < -0.39 is 6.04 Å². The maximum Gasteiger partial charge on any atom is 0.254 e. The third kappa shape index (κ3) is 3.55. The molecule has 8 nitrogen and oxygen atoms in total. The smallest absolute Gasteiger partial charge is 0.254 e. The number of carbonyl (C=O) groups is 2. The molecule has 1 fully saturated rings. The summed E-state index contributed by atoms with van der Waals surface area (Å²) in [5.74, 6) is -0.512. The van der Waals surface area contributed by atoms with Crippen LogP contribution < -0.4 is 28.3 Å². The van der Waals surface area contributed by atoms with Crippen LogP contribution >= 0.6 is 0 Å². The number of nitrogen functional groups attached to an aromatic ring is 4. The number of ketones is 1. The molecule has 0 radical (unpaired) electrons. The molecule has 1 heterocycles. The first-order chi connectivity index (χ1) is 12.3. The Morgan fingerprint density at radius 3 is 1.88 bits per heavy atom. The van der Waals surface area contributed by atoms with E-state index in [2.05, 4.69) is 5.32 Å². The van der Waals surface area contributed by atoms with E-state index in [1.165, 1.54) is 4.90 Å². The standard InChI is InChI=1S/C18H22N6O2/c19-12-3-10(4-13(20)7-12)17(25)16-9-23-1-2-24(16)18(26)11-5-14(21)8-15(22)6-11/h3-8,16,23H,1-2,9,19-22H2. The number of piperazine rings is 1. The lowest BCUT2D eigenvalue weighted by molar-refractivity contribution is 0.0570. The molecule has 2 aromatic carbocycles. The second-order valence-electron chi connectivity index (χ2n) is 6.36. The first kappa shape index (κ1) is 17.6. The van der Waals surface area contributed by atoms with Crippen molar-refractivity contribution in [2.75, 3.05) is 42.6 Å². The highest BCUT2D eigenvalue weighted by atomic mass is 16.2. The van der Waals surface area contributed by atoms with Crippen molar-refractivity contribution in [1.82, 2.24) is 10.2 Å². The van der Waals surface area contributed by atoms with Crippen molar-refractivity contribution in [1.29, 1.82) is 0 Å². The molecule has 0 saturated carbocycles. The molecule has 1 saturated heterocycles. The predicted molar refractivity (Wildman–Crippen MR) is 103 cm³/mol. The topological polar surface area (TPSA) is 153 Å². The highest BCUT2D eigenvalue weighted by Crippen LogP contribution is 2.21. The molecule has 0 bridgehead atoms. The van der Waals surface area contributed by atoms with Crippen molar-refractivity contribution in [3.8, 4) is 0 Å². The summed E-state index contributed by atoms with van der Waals surface area (Å²) in [7, 11) is 0. The zero-order valence-electron chi connectivity index (χ0n) is 14.2. The van der Waals surface area contributed by atoms with Crippen LogP contribution in [-0.4, -0.2) is 42.3 Å². The van der Waals surface area contributed by atoms with Gasteiger partial charge in [-0.05, 0) is 36.4 Å². The zero-order chi connectivity index (χ0) is 18.8. The molecule has 1 unspecified atom stereocenters. The number of nitrogens with zero attached hydrogens (tertiary/aromatic N) is 1. The molecular formula is C18H22N6O2. The van der Waals surface area contributed by atoms with Crippen molar-refractivity contribution in [3.05, 3.63) is 47.5 Å². The van der Waals surface area contributed by atoms with Gasteiger partial charge in [0.15, 0.2) is 5.78 Å². The summed E-state index contributed by atoms with van der Waals surface area (Å²) in [5, 5.41) is 3.15. The average Bonchev–Trinajstić information content (AvgIpc) is 2.59. The second-order valence-corrected chi connectivity index (χ2v) is 6.36. The molecule has 9 N–H and O–H groups in total. The molecule has 0 aromatic heterocycles. The van der Waals surface area contributed by atoms with Crippen LogP contribution in [0.4, 0.5) is 22.7 Å². The van der Waals surface area contributed by atoms with Gasteiger partial charge in [-0.1, -0.05) is 0 Å². The van der Waals surface area contributed by atoms with Crippen molar-refractivity contribution in [2.45, 2.75) is 6.04 Å². The third-order valence-corrected chi connectivity index (χ3v) is 4.29. The maximum absolute atomic E-state index is 13.0. The van der Waals surface area contributed by atoms with Crippen LogP contribution in [0.1, 0.15) is 20.7 Å². The lowest BCUT2D eigenvalue weighted by atomic mass is 9.99. The summed E-state index contributed by atoms with van der Waals surface area (Å²) >= 11 is 0. The number of anilines is 4. The fraction of sp³-hybridized carbons (Fsp3) is 0.222. The summed E-state index contributed by atoms with van der Waals surface area (Å²) < 4.78 is 0. The fourth-order valence-electron chi connectivity index (χ4n) is 3.16. The Hall–Kier alpha value is -3.26. The van der Waals surface area contributed by atoms with Crippen molar-refractivity contribution in [3.63, 3.8) is 0 Å². The summed E-state index contributed by atoms with van der Waals surface area (Å²) in [5.41, 5.74) is 25.5. The Bertz CT molecular complexity index is 755. The van der Waals surface area contributed by atoms with Crippen LogP contribution in [0.15, 0.2) is 36.4 Å². The van der Waals surface area contributed by atoms with Gasteiger partial charge in [0.2, 0.25) is 0 Å². The van der Waals surface area contributed by atoms with Crippen LogP contribution in [0, 0.1) is 0 Å². The molecule has 136 valence electrons. The minimum atomic E-state index is -0.667. The maximum atomic E-state index is 13.0. The Morgan fingerprint density at radius 2 is 1.35 bits per heavy atom. The molecule has 1 amide bonds. The molecule has 3 rings (SSSR count). The normalized spacial score (nSPS) is 17.1. The SMILES string of the molecule is Nc1cc(N)cc(C(=O)C2CNCCN2C(=O)c2cc(N)cc(N)c2)c1. The Kier molecular flexibility index (Phi) is 4.68. The van der Waals surface area contributed by atoms with E-state index in [-0.39, 0.29) is 11.7 Å². The molecular weight excluding hydrogens is 332 g/mol. The fourth-order valence-corrected chi connectivity index (χ4v) is 3.16. The molecule has 8 heteroatoms. The number of carbonyl (C=O) groups excluding carboxylic acids is 2. The predicted octanol–water partition coefficient (Wildman–Crippen LogP) is 0.312. The highest BCUT2D eigenvalue weighted by molar-refractivity contribution is 6.06. The number of hydrogen-bond acceptors (Lipinski definition) is 7. The second kappa shape index (κ2) is 6.93. The third-order valence-electron chi connectivity index (χ3n) is 4.29. The van der Waals surface area contributed by atoms with E-state index in [1.807, 2.05) is 0 Å². The van der Waals surface area contributed by atoms with E-state index in [1.54, 1.807) is 36.4 Å². The van der Waals surface area contributed by atoms with Crippen LogP contribution in [0.2, 0.25) is 0 Å². The molecule has 26 heavy (non-hydrogen) atoms. The number of nitrogens with two attached hydrogens (primary N) is 4. The van der Waals surface area contributed by atoms with Crippen molar-refractivity contribution in [2.24, 2.45) is 0 Å². The van der Waals surface area contributed by atoms with Crippen molar-refractivity contribution < 1.29 is 9.59 Å². The molecule has 1 aliphatic rings. The van der Waals surface area contributed by atoms with Gasteiger partial charge in [0.05, 0.1) is 0 Å². The molecule has 1 aliphatic heterocycles. The van der Waals surface area contributed by atoms with E-state index in [4.69, 9.17) is 22.9 Å². The largest absolute Gasteiger partial charge is 0.399 e. The quantitative estimate of drug-likeness (QED) is 0.393. The Balaban J connectivity index is 1.92. The monoisotopic (exact) mass is 354 g/mol. The van der Waals surface area contributed by atoms with Crippen LogP contribution in [0.25, 0.3) is 0 Å². The Morgan fingerprint density at radius 1 is 0.846 bits per heavy atom. The summed E-state index contributed by atoms with van der Waals surface area (Å²) in [6.07, 6.45) is 0. The van der Waals surface area contributed by atoms with Crippen LogP contribution in [0.5, 0.6) is 0 Å². The number of benzene rings is 2. The van der Waals surface area contributed by atoms with Crippen molar-refractivity contribution >= 4 is 34.4 Å².